The van der Waals surface area contributed by atoms with Crippen LogP contribution < -0.4 is 0 Å². The molecule has 0 spiro atoms. The fourth-order valence-electron chi connectivity index (χ4n) is 1.81. The average molecular weight is 224 g/mol. The van der Waals surface area contributed by atoms with E-state index in [1.807, 2.05) is 13.0 Å². The van der Waals surface area contributed by atoms with E-state index in [1.165, 1.54) is 0 Å². The normalized spacial score (nSPS) is 21.5. The second-order valence-corrected chi connectivity index (χ2v) is 4.23. The van der Waals surface area contributed by atoms with Crippen molar-refractivity contribution < 1.29 is 14.6 Å². The highest BCUT2D eigenvalue weighted by molar-refractivity contribution is 5.90. The van der Waals surface area contributed by atoms with Crippen molar-refractivity contribution in [3.8, 4) is 0 Å². The van der Waals surface area contributed by atoms with Gasteiger partial charge in [0.05, 0.1) is 6.10 Å². The van der Waals surface area contributed by atoms with Gasteiger partial charge in [0.25, 0.3) is 0 Å². The van der Waals surface area contributed by atoms with Crippen molar-refractivity contribution in [2.24, 2.45) is 0 Å². The summed E-state index contributed by atoms with van der Waals surface area (Å²) >= 11 is 0. The highest BCUT2D eigenvalue weighted by atomic mass is 16.5. The van der Waals surface area contributed by atoms with E-state index in [-0.39, 0.29) is 12.1 Å². The predicted molar refractivity (Wildman–Crippen MR) is 62.9 cm³/mol. The number of aliphatic hydroxyl groups excluding tert-OH is 1. The van der Waals surface area contributed by atoms with E-state index < -0.39 is 6.10 Å². The van der Waals surface area contributed by atoms with Crippen LogP contribution in [0.15, 0.2) is 24.3 Å². The SMILES string of the molecule is C=CCCCCC(O)CC1=CC(C)OC1=O. The molecule has 0 fully saturated rings. The van der Waals surface area contributed by atoms with Crippen LogP contribution in [0, 0.1) is 0 Å². The van der Waals surface area contributed by atoms with Crippen molar-refractivity contribution in [1.29, 1.82) is 0 Å². The van der Waals surface area contributed by atoms with Crippen LogP contribution in [0.25, 0.3) is 0 Å². The van der Waals surface area contributed by atoms with Gasteiger partial charge in [0, 0.05) is 12.0 Å². The third-order valence-corrected chi connectivity index (χ3v) is 2.64. The lowest BCUT2D eigenvalue weighted by atomic mass is 10.0. The van der Waals surface area contributed by atoms with Crippen molar-refractivity contribution in [2.75, 3.05) is 0 Å². The Bertz CT molecular complexity index is 281. The Hall–Kier alpha value is -1.09. The molecule has 0 saturated heterocycles. The summed E-state index contributed by atoms with van der Waals surface area (Å²) in [5.41, 5.74) is 0.615. The van der Waals surface area contributed by atoms with Crippen LogP contribution in [0.2, 0.25) is 0 Å². The van der Waals surface area contributed by atoms with E-state index in [2.05, 4.69) is 6.58 Å². The largest absolute Gasteiger partial charge is 0.455 e. The first-order valence-corrected chi connectivity index (χ1v) is 5.84. The molecule has 3 nitrogen and oxygen atoms in total. The van der Waals surface area contributed by atoms with Gasteiger partial charge in [0.2, 0.25) is 0 Å². The van der Waals surface area contributed by atoms with Crippen LogP contribution in [0.1, 0.15) is 39.0 Å². The van der Waals surface area contributed by atoms with E-state index >= 15 is 0 Å². The van der Waals surface area contributed by atoms with E-state index in [0.29, 0.717) is 12.0 Å². The zero-order valence-electron chi connectivity index (χ0n) is 9.82. The zero-order chi connectivity index (χ0) is 12.0. The fraction of sp³-hybridized carbons (Fsp3) is 0.615. The molecule has 1 aliphatic rings. The number of hydrogen-bond donors (Lipinski definition) is 1. The van der Waals surface area contributed by atoms with Gasteiger partial charge in [-0.15, -0.1) is 6.58 Å². The minimum atomic E-state index is -0.436. The monoisotopic (exact) mass is 224 g/mol. The number of rotatable bonds is 7. The molecular formula is C13H20O3. The Labute approximate surface area is 96.8 Å². The summed E-state index contributed by atoms with van der Waals surface area (Å²) in [7, 11) is 0. The first-order chi connectivity index (χ1) is 7.63. The van der Waals surface area contributed by atoms with Gasteiger partial charge in [0.15, 0.2) is 0 Å². The second kappa shape index (κ2) is 6.48. The molecule has 0 aromatic carbocycles. The maximum atomic E-state index is 11.3. The summed E-state index contributed by atoms with van der Waals surface area (Å²) in [5.74, 6) is -0.280. The van der Waals surface area contributed by atoms with Gasteiger partial charge in [-0.25, -0.2) is 4.79 Å². The lowest BCUT2D eigenvalue weighted by Gasteiger charge is -2.09. The Balaban J connectivity index is 2.23. The molecule has 0 radical (unpaired) electrons. The zero-order valence-corrected chi connectivity index (χ0v) is 9.82. The summed E-state index contributed by atoms with van der Waals surface area (Å²) in [6.07, 6.45) is 7.22. The standard InChI is InChI=1S/C13H20O3/c1-3-4-5-6-7-12(14)9-11-8-10(2)16-13(11)15/h3,8,10,12,14H,1,4-7,9H2,2H3. The summed E-state index contributed by atoms with van der Waals surface area (Å²) in [5, 5.41) is 9.74. The van der Waals surface area contributed by atoms with Crippen LogP contribution in [0.5, 0.6) is 0 Å². The predicted octanol–water partition coefficient (Wildman–Crippen LogP) is 2.36. The molecule has 0 bridgehead atoms. The Kier molecular flexibility index (Phi) is 5.26. The van der Waals surface area contributed by atoms with Gasteiger partial charge >= 0.3 is 5.97 Å². The number of carbonyl (C=O) groups is 1. The molecule has 16 heavy (non-hydrogen) atoms. The molecular weight excluding hydrogens is 204 g/mol. The van der Waals surface area contributed by atoms with E-state index in [1.54, 1.807) is 6.08 Å². The lowest BCUT2D eigenvalue weighted by Crippen LogP contribution is -2.11. The molecule has 1 aliphatic heterocycles. The average Bonchev–Trinajstić information content (AvgIpc) is 2.52. The summed E-state index contributed by atoms with van der Waals surface area (Å²) in [6, 6.07) is 0. The van der Waals surface area contributed by atoms with Crippen LogP contribution in [0.3, 0.4) is 0 Å². The van der Waals surface area contributed by atoms with Gasteiger partial charge in [-0.05, 0) is 32.3 Å². The lowest BCUT2D eigenvalue weighted by molar-refractivity contribution is -0.139. The molecule has 2 atom stereocenters. The maximum Gasteiger partial charge on any atom is 0.334 e. The number of allylic oxidation sites excluding steroid dienone is 1. The number of unbranched alkanes of at least 4 members (excludes halogenated alkanes) is 2. The van der Waals surface area contributed by atoms with Crippen LogP contribution >= 0.6 is 0 Å². The molecule has 1 heterocycles. The van der Waals surface area contributed by atoms with Gasteiger partial charge in [-0.3, -0.25) is 0 Å². The van der Waals surface area contributed by atoms with Crippen molar-refractivity contribution in [1.82, 2.24) is 0 Å². The third-order valence-electron chi connectivity index (χ3n) is 2.64. The first-order valence-electron chi connectivity index (χ1n) is 5.84. The fourth-order valence-corrected chi connectivity index (χ4v) is 1.81. The summed E-state index contributed by atoms with van der Waals surface area (Å²) in [4.78, 5) is 11.3. The first kappa shape index (κ1) is 13.0. The smallest absolute Gasteiger partial charge is 0.334 e. The van der Waals surface area contributed by atoms with Crippen molar-refractivity contribution in [3.05, 3.63) is 24.3 Å². The Morgan fingerprint density at radius 1 is 1.62 bits per heavy atom. The maximum absolute atomic E-state index is 11.3. The molecule has 90 valence electrons. The number of hydrogen-bond acceptors (Lipinski definition) is 3. The van der Waals surface area contributed by atoms with Gasteiger partial charge < -0.3 is 9.84 Å². The molecule has 3 heteroatoms. The van der Waals surface area contributed by atoms with E-state index in [0.717, 1.165) is 25.7 Å². The molecule has 0 saturated carbocycles. The highest BCUT2D eigenvalue weighted by Crippen LogP contribution is 2.20. The molecule has 1 N–H and O–H groups in total. The Morgan fingerprint density at radius 2 is 2.38 bits per heavy atom. The molecule has 0 aromatic heterocycles. The molecule has 0 aliphatic carbocycles. The minimum absolute atomic E-state index is 0.143. The number of ether oxygens (including phenoxy) is 1. The summed E-state index contributed by atoms with van der Waals surface area (Å²) in [6.45, 7) is 5.47. The quantitative estimate of drug-likeness (QED) is 0.410. The van der Waals surface area contributed by atoms with Crippen LogP contribution in [-0.4, -0.2) is 23.3 Å². The van der Waals surface area contributed by atoms with Gasteiger partial charge in [-0.2, -0.15) is 0 Å². The minimum Gasteiger partial charge on any atom is -0.455 e. The number of aliphatic hydroxyl groups is 1. The van der Waals surface area contributed by atoms with Crippen molar-refractivity contribution >= 4 is 5.97 Å². The van der Waals surface area contributed by atoms with Gasteiger partial charge in [-0.1, -0.05) is 12.5 Å². The van der Waals surface area contributed by atoms with Crippen LogP contribution in [0.4, 0.5) is 0 Å². The molecule has 0 amide bonds. The van der Waals surface area contributed by atoms with Crippen molar-refractivity contribution in [3.63, 3.8) is 0 Å². The number of esters is 1. The van der Waals surface area contributed by atoms with Crippen LogP contribution in [-0.2, 0) is 9.53 Å². The molecule has 1 rings (SSSR count). The molecule has 0 aromatic rings. The van der Waals surface area contributed by atoms with Gasteiger partial charge in [0.1, 0.15) is 6.10 Å². The van der Waals surface area contributed by atoms with E-state index in [4.69, 9.17) is 4.74 Å². The second-order valence-electron chi connectivity index (χ2n) is 4.23. The highest BCUT2D eigenvalue weighted by Gasteiger charge is 2.23. The number of cyclic esters (lactones) is 1. The third kappa shape index (κ3) is 4.19. The Morgan fingerprint density at radius 3 is 2.94 bits per heavy atom. The molecule has 2 unspecified atom stereocenters. The summed E-state index contributed by atoms with van der Waals surface area (Å²) < 4.78 is 4.96. The van der Waals surface area contributed by atoms with E-state index in [9.17, 15) is 9.90 Å². The van der Waals surface area contributed by atoms with Crippen molar-refractivity contribution in [2.45, 2.75) is 51.2 Å². The number of carbonyl (C=O) groups excluding carboxylic acids is 1. The topological polar surface area (TPSA) is 46.5 Å².